The SMILES string of the molecule is CC(CCCNC(Cc1ccccc1)C(=O)CSCc1ccco1)N(C)C(=O)COc1ccccc1. The van der Waals surface area contributed by atoms with E-state index in [4.69, 9.17) is 9.15 Å². The van der Waals surface area contributed by atoms with E-state index in [0.29, 0.717) is 30.2 Å². The molecule has 0 saturated heterocycles. The van der Waals surface area contributed by atoms with Crippen LogP contribution in [0.25, 0.3) is 0 Å². The van der Waals surface area contributed by atoms with Crippen LogP contribution in [0.1, 0.15) is 31.1 Å². The zero-order valence-electron chi connectivity index (χ0n) is 21.1. The lowest BCUT2D eigenvalue weighted by Gasteiger charge is -2.25. The van der Waals surface area contributed by atoms with Crippen molar-refractivity contribution in [3.05, 3.63) is 90.4 Å². The van der Waals surface area contributed by atoms with Crippen molar-refractivity contribution in [1.29, 1.82) is 0 Å². The standard InChI is InChI=1S/C29H36N2O4S/c1-23(31(2)29(33)20-35-25-14-7-4-8-15-25)11-9-17-30-27(19-24-12-5-3-6-13-24)28(32)22-36-21-26-16-10-18-34-26/h3-8,10,12-16,18,23,27,30H,9,11,17,19-22H2,1-2H3. The quantitative estimate of drug-likeness (QED) is 0.275. The molecule has 1 N–H and O–H groups in total. The third-order valence-corrected chi connectivity index (χ3v) is 7.07. The Labute approximate surface area is 218 Å². The number of carbonyl (C=O) groups is 2. The first-order valence-electron chi connectivity index (χ1n) is 12.4. The van der Waals surface area contributed by atoms with Gasteiger partial charge in [0.05, 0.1) is 23.8 Å². The third-order valence-electron chi connectivity index (χ3n) is 6.09. The molecule has 1 heterocycles. The second-order valence-corrected chi connectivity index (χ2v) is 9.82. The molecule has 0 aliphatic heterocycles. The number of hydrogen-bond acceptors (Lipinski definition) is 6. The molecule has 0 saturated carbocycles. The lowest BCUT2D eigenvalue weighted by molar-refractivity contribution is -0.134. The summed E-state index contributed by atoms with van der Waals surface area (Å²) in [5, 5.41) is 3.47. The summed E-state index contributed by atoms with van der Waals surface area (Å²) >= 11 is 1.57. The van der Waals surface area contributed by atoms with Gasteiger partial charge in [-0.2, -0.15) is 0 Å². The Bertz CT molecular complexity index is 1030. The Kier molecular flexibility index (Phi) is 11.6. The molecular formula is C29H36N2O4S. The second kappa shape index (κ2) is 15.2. The molecule has 0 bridgehead atoms. The van der Waals surface area contributed by atoms with Crippen LogP contribution in [0.5, 0.6) is 5.75 Å². The fourth-order valence-corrected chi connectivity index (χ4v) is 4.64. The molecule has 1 amide bonds. The monoisotopic (exact) mass is 508 g/mol. The van der Waals surface area contributed by atoms with Crippen LogP contribution < -0.4 is 10.1 Å². The predicted octanol–water partition coefficient (Wildman–Crippen LogP) is 4.99. The van der Waals surface area contributed by atoms with Crippen molar-refractivity contribution in [1.82, 2.24) is 10.2 Å². The molecule has 2 aromatic carbocycles. The van der Waals surface area contributed by atoms with E-state index in [0.717, 1.165) is 24.2 Å². The molecule has 0 radical (unpaired) electrons. The number of para-hydroxylation sites is 1. The molecule has 2 atom stereocenters. The van der Waals surface area contributed by atoms with Crippen molar-refractivity contribution in [2.75, 3.05) is 26.0 Å². The lowest BCUT2D eigenvalue weighted by atomic mass is 10.0. The maximum atomic E-state index is 13.0. The summed E-state index contributed by atoms with van der Waals surface area (Å²) in [6.45, 7) is 2.77. The lowest BCUT2D eigenvalue weighted by Crippen LogP contribution is -2.41. The highest BCUT2D eigenvalue weighted by molar-refractivity contribution is 7.99. The van der Waals surface area contributed by atoms with Gasteiger partial charge in [-0.1, -0.05) is 48.5 Å². The van der Waals surface area contributed by atoms with Crippen molar-refractivity contribution < 1.29 is 18.7 Å². The predicted molar refractivity (Wildman–Crippen MR) is 145 cm³/mol. The van der Waals surface area contributed by atoms with Crippen molar-refractivity contribution >= 4 is 23.5 Å². The van der Waals surface area contributed by atoms with Crippen LogP contribution in [0.4, 0.5) is 0 Å². The van der Waals surface area contributed by atoms with Crippen molar-refractivity contribution in [3.63, 3.8) is 0 Å². The molecule has 3 rings (SSSR count). The highest BCUT2D eigenvalue weighted by Crippen LogP contribution is 2.15. The van der Waals surface area contributed by atoms with Crippen molar-refractivity contribution in [2.45, 2.75) is 44.0 Å². The Morgan fingerprint density at radius 3 is 2.44 bits per heavy atom. The van der Waals surface area contributed by atoms with Gasteiger partial charge >= 0.3 is 0 Å². The zero-order valence-corrected chi connectivity index (χ0v) is 21.9. The van der Waals surface area contributed by atoms with E-state index in [1.54, 1.807) is 22.9 Å². The Hall–Kier alpha value is -3.03. The van der Waals surface area contributed by atoms with Crippen molar-refractivity contribution in [3.8, 4) is 5.75 Å². The summed E-state index contributed by atoms with van der Waals surface area (Å²) in [6, 6.07) is 23.1. The number of carbonyl (C=O) groups excluding carboxylic acids is 2. The van der Waals surface area contributed by atoms with E-state index in [1.807, 2.05) is 74.6 Å². The number of hydrogen-bond donors (Lipinski definition) is 1. The van der Waals surface area contributed by atoms with Crippen LogP contribution in [-0.4, -0.2) is 54.6 Å². The molecule has 6 nitrogen and oxygen atoms in total. The highest BCUT2D eigenvalue weighted by atomic mass is 32.2. The van der Waals surface area contributed by atoms with Gasteiger partial charge in [0.2, 0.25) is 0 Å². The Morgan fingerprint density at radius 2 is 1.75 bits per heavy atom. The molecule has 2 unspecified atom stereocenters. The number of nitrogens with zero attached hydrogens (tertiary/aromatic N) is 1. The van der Waals surface area contributed by atoms with Gasteiger partial charge in [-0.3, -0.25) is 9.59 Å². The van der Waals surface area contributed by atoms with Gasteiger partial charge in [0.25, 0.3) is 5.91 Å². The molecule has 7 heteroatoms. The van der Waals surface area contributed by atoms with E-state index in [2.05, 4.69) is 17.4 Å². The maximum Gasteiger partial charge on any atom is 0.260 e. The van der Waals surface area contributed by atoms with Crippen molar-refractivity contribution in [2.24, 2.45) is 0 Å². The first-order valence-corrected chi connectivity index (χ1v) is 13.5. The molecule has 0 aliphatic carbocycles. The molecule has 1 aromatic heterocycles. The van der Waals surface area contributed by atoms with Gasteiger partial charge in [0, 0.05) is 13.1 Å². The highest BCUT2D eigenvalue weighted by Gasteiger charge is 2.20. The number of ether oxygens (including phenoxy) is 1. The van der Waals surface area contributed by atoms with Crippen LogP contribution in [0, 0.1) is 0 Å². The molecule has 36 heavy (non-hydrogen) atoms. The van der Waals surface area contributed by atoms with Gasteiger partial charge in [-0.15, -0.1) is 11.8 Å². The Balaban J connectivity index is 1.42. The number of rotatable bonds is 16. The van der Waals surface area contributed by atoms with Gasteiger partial charge in [0.15, 0.2) is 12.4 Å². The average Bonchev–Trinajstić information content (AvgIpc) is 3.43. The number of benzene rings is 2. The van der Waals surface area contributed by atoms with Crippen LogP contribution in [-0.2, 0) is 21.8 Å². The summed E-state index contributed by atoms with van der Waals surface area (Å²) in [6.07, 6.45) is 4.00. The topological polar surface area (TPSA) is 71.8 Å². The smallest absolute Gasteiger partial charge is 0.260 e. The minimum atomic E-state index is -0.245. The number of furan rings is 1. The molecule has 0 fully saturated rings. The normalized spacial score (nSPS) is 12.6. The summed E-state index contributed by atoms with van der Waals surface area (Å²) in [7, 11) is 1.81. The fourth-order valence-electron chi connectivity index (χ4n) is 3.77. The first kappa shape index (κ1) is 27.6. The second-order valence-electron chi connectivity index (χ2n) is 8.83. The largest absolute Gasteiger partial charge is 0.484 e. The number of likely N-dealkylation sites (N-methyl/N-ethyl adjacent to an activating group) is 1. The van der Waals surface area contributed by atoms with Gasteiger partial charge in [-0.05, 0) is 62.6 Å². The van der Waals surface area contributed by atoms with Gasteiger partial charge < -0.3 is 19.4 Å². The van der Waals surface area contributed by atoms with E-state index < -0.39 is 0 Å². The van der Waals surface area contributed by atoms with E-state index >= 15 is 0 Å². The van der Waals surface area contributed by atoms with E-state index in [1.165, 1.54) is 0 Å². The summed E-state index contributed by atoms with van der Waals surface area (Å²) in [5.74, 6) is 2.82. The zero-order chi connectivity index (χ0) is 25.6. The molecular weight excluding hydrogens is 472 g/mol. The average molecular weight is 509 g/mol. The first-order chi connectivity index (χ1) is 17.5. The van der Waals surface area contributed by atoms with E-state index in [9.17, 15) is 9.59 Å². The fraction of sp³-hybridized carbons (Fsp3) is 0.379. The molecule has 0 spiro atoms. The minimum Gasteiger partial charge on any atom is -0.484 e. The van der Waals surface area contributed by atoms with E-state index in [-0.39, 0.29) is 30.4 Å². The summed E-state index contributed by atoms with van der Waals surface area (Å²) < 4.78 is 10.9. The summed E-state index contributed by atoms with van der Waals surface area (Å²) in [5.41, 5.74) is 1.14. The number of Topliss-reactive ketones (excluding diaryl/α,β-unsaturated/α-hetero) is 1. The third kappa shape index (κ3) is 9.55. The molecule has 192 valence electrons. The van der Waals surface area contributed by atoms with Gasteiger partial charge in [-0.25, -0.2) is 0 Å². The van der Waals surface area contributed by atoms with Crippen LogP contribution in [0.3, 0.4) is 0 Å². The van der Waals surface area contributed by atoms with Crippen LogP contribution in [0.2, 0.25) is 0 Å². The maximum absolute atomic E-state index is 13.0. The van der Waals surface area contributed by atoms with Gasteiger partial charge in [0.1, 0.15) is 11.5 Å². The number of amides is 1. The number of ketones is 1. The number of nitrogens with one attached hydrogen (secondary N) is 1. The van der Waals surface area contributed by atoms with Crippen LogP contribution >= 0.6 is 11.8 Å². The molecule has 0 aliphatic rings. The summed E-state index contributed by atoms with van der Waals surface area (Å²) in [4.78, 5) is 27.3. The Morgan fingerprint density at radius 1 is 1.03 bits per heavy atom. The molecule has 3 aromatic rings. The number of thioether (sulfide) groups is 1. The van der Waals surface area contributed by atoms with Crippen LogP contribution in [0.15, 0.2) is 83.5 Å². The minimum absolute atomic E-state index is 0.0203.